The van der Waals surface area contributed by atoms with Crippen molar-refractivity contribution in [1.29, 1.82) is 0 Å². The molecule has 0 aromatic heterocycles. The lowest BCUT2D eigenvalue weighted by Crippen LogP contribution is -2.58. The number of hydrogen-bond acceptors (Lipinski definition) is 10. The van der Waals surface area contributed by atoms with Crippen LogP contribution in [0.4, 0.5) is 10.5 Å². The van der Waals surface area contributed by atoms with Crippen molar-refractivity contribution in [3.63, 3.8) is 0 Å². The molecule has 0 spiro atoms. The fourth-order valence-electron chi connectivity index (χ4n) is 4.98. The average Bonchev–Trinajstić information content (AvgIpc) is 3.10. The second-order valence-corrected chi connectivity index (χ2v) is 12.3. The largest absolute Gasteiger partial charge is 0.513 e. The van der Waals surface area contributed by atoms with Gasteiger partial charge in [0, 0.05) is 12.1 Å². The van der Waals surface area contributed by atoms with Crippen LogP contribution < -0.4 is 4.74 Å². The molecule has 2 fully saturated rings. The van der Waals surface area contributed by atoms with Crippen LogP contribution in [0.5, 0.6) is 5.75 Å². The average molecular weight is 581 g/mol. The highest BCUT2D eigenvalue weighted by Gasteiger charge is 2.71. The normalized spacial score (nSPS) is 22.4. The zero-order valence-corrected chi connectivity index (χ0v) is 22.4. The smallest absolute Gasteiger partial charge is 0.451 e. The zero-order chi connectivity index (χ0) is 29.4. The van der Waals surface area contributed by atoms with Gasteiger partial charge in [0.15, 0.2) is 22.0 Å². The molecule has 3 aromatic carbocycles. The Morgan fingerprint density at radius 1 is 1.00 bits per heavy atom. The number of nitro groups is 1. The fourth-order valence-corrected chi connectivity index (χ4v) is 7.25. The van der Waals surface area contributed by atoms with E-state index in [1.165, 1.54) is 19.1 Å². The molecule has 2 heterocycles. The van der Waals surface area contributed by atoms with Crippen LogP contribution in [0.1, 0.15) is 30.6 Å². The summed E-state index contributed by atoms with van der Waals surface area (Å²) in [5.41, 5.74) is 1.03. The number of β-lactam (4-membered cyclic amide) rings is 1. The number of benzene rings is 3. The minimum absolute atomic E-state index is 0.0800. The highest BCUT2D eigenvalue weighted by atomic mass is 32.2. The standard InChI is InChI=1S/C28H24N2O10S/c1-28(17-38-27(33)39-21-14-12-20(13-15-21)30(34)35)25(29-22(31)16-23(29)41(28,36)37)26(32)40-24(18-8-4-2-5-9-18)19-10-6-3-7-11-19/h2-15,23-25H,16-17H2,1H3/t23-,25+,28+/m1/s1. The van der Waals surface area contributed by atoms with Crippen LogP contribution in [0.2, 0.25) is 0 Å². The summed E-state index contributed by atoms with van der Waals surface area (Å²) >= 11 is 0. The number of rotatable bonds is 8. The van der Waals surface area contributed by atoms with Crippen molar-refractivity contribution >= 4 is 33.6 Å². The van der Waals surface area contributed by atoms with Crippen LogP contribution in [-0.2, 0) is 28.9 Å². The summed E-state index contributed by atoms with van der Waals surface area (Å²) in [5, 5.41) is 9.56. The van der Waals surface area contributed by atoms with Crippen molar-refractivity contribution in [1.82, 2.24) is 4.90 Å². The van der Waals surface area contributed by atoms with Crippen LogP contribution in [0, 0.1) is 10.1 Å². The van der Waals surface area contributed by atoms with Gasteiger partial charge in [-0.25, -0.2) is 18.0 Å². The first-order valence-electron chi connectivity index (χ1n) is 12.5. The van der Waals surface area contributed by atoms with Gasteiger partial charge in [-0.15, -0.1) is 0 Å². The highest BCUT2D eigenvalue weighted by molar-refractivity contribution is 7.94. The van der Waals surface area contributed by atoms with Crippen LogP contribution in [0.25, 0.3) is 0 Å². The zero-order valence-electron chi connectivity index (χ0n) is 21.6. The lowest BCUT2D eigenvalue weighted by Gasteiger charge is -2.37. The number of ether oxygens (including phenoxy) is 3. The predicted octanol–water partition coefficient (Wildman–Crippen LogP) is 3.56. The van der Waals surface area contributed by atoms with Gasteiger partial charge in [-0.05, 0) is 30.2 Å². The maximum absolute atomic E-state index is 13.8. The molecule has 0 aliphatic carbocycles. The van der Waals surface area contributed by atoms with Crippen molar-refractivity contribution in [2.24, 2.45) is 0 Å². The fraction of sp³-hybridized carbons (Fsp3) is 0.250. The third-order valence-corrected chi connectivity index (χ3v) is 9.95. The van der Waals surface area contributed by atoms with Gasteiger partial charge in [0.1, 0.15) is 22.5 Å². The van der Waals surface area contributed by atoms with Gasteiger partial charge < -0.3 is 19.1 Å². The number of esters is 1. The molecule has 0 radical (unpaired) electrons. The predicted molar refractivity (Wildman–Crippen MR) is 142 cm³/mol. The number of sulfone groups is 1. The van der Waals surface area contributed by atoms with Crippen LogP contribution >= 0.6 is 0 Å². The van der Waals surface area contributed by atoms with E-state index in [0.717, 1.165) is 17.0 Å². The van der Waals surface area contributed by atoms with Crippen molar-refractivity contribution < 1.29 is 41.9 Å². The molecule has 3 atom stereocenters. The second kappa shape index (κ2) is 10.7. The van der Waals surface area contributed by atoms with E-state index < -0.39 is 61.7 Å². The molecule has 13 heteroatoms. The highest BCUT2D eigenvalue weighted by Crippen LogP contribution is 2.47. The van der Waals surface area contributed by atoms with Gasteiger partial charge >= 0.3 is 12.1 Å². The molecule has 1 amide bonds. The number of non-ortho nitro benzene ring substituents is 1. The van der Waals surface area contributed by atoms with Gasteiger partial charge in [-0.3, -0.25) is 14.9 Å². The Morgan fingerprint density at radius 3 is 2.07 bits per heavy atom. The van der Waals surface area contributed by atoms with E-state index >= 15 is 0 Å². The molecule has 3 aromatic rings. The number of carbonyl (C=O) groups excluding carboxylic acids is 3. The number of carbonyl (C=O) groups is 3. The SMILES string of the molecule is C[C@]1(COC(=O)Oc2ccc([N+](=O)[O-])cc2)[C@H](C(=O)OC(c2ccccc2)c2ccccc2)N2C(=O)C[C@H]2S1(=O)=O. The lowest BCUT2D eigenvalue weighted by atomic mass is 9.96. The number of nitro benzene ring substituents is 1. The van der Waals surface area contributed by atoms with E-state index in [-0.39, 0.29) is 17.9 Å². The maximum atomic E-state index is 13.8. The Hall–Kier alpha value is -4.78. The van der Waals surface area contributed by atoms with Crippen LogP contribution in [0.3, 0.4) is 0 Å². The Bertz CT molecular complexity index is 1560. The first-order valence-corrected chi connectivity index (χ1v) is 14.0. The van der Waals surface area contributed by atoms with Gasteiger partial charge in [0.2, 0.25) is 5.91 Å². The summed E-state index contributed by atoms with van der Waals surface area (Å²) in [4.78, 5) is 49.9. The Kier molecular flexibility index (Phi) is 7.22. The van der Waals surface area contributed by atoms with Crippen molar-refractivity contribution in [2.45, 2.75) is 35.6 Å². The van der Waals surface area contributed by atoms with E-state index in [2.05, 4.69) is 0 Å². The number of fused-ring (bicyclic) bond motifs is 1. The third kappa shape index (κ3) is 4.99. The molecule has 12 nitrogen and oxygen atoms in total. The number of hydrogen-bond donors (Lipinski definition) is 0. The van der Waals surface area contributed by atoms with E-state index in [1.54, 1.807) is 60.7 Å². The molecule has 212 valence electrons. The lowest BCUT2D eigenvalue weighted by molar-refractivity contribution is -0.384. The minimum Gasteiger partial charge on any atom is -0.451 e. The van der Waals surface area contributed by atoms with Gasteiger partial charge in [-0.2, -0.15) is 0 Å². The minimum atomic E-state index is -4.21. The first kappa shape index (κ1) is 27.8. The summed E-state index contributed by atoms with van der Waals surface area (Å²) in [5.74, 6) is -1.60. The van der Waals surface area contributed by atoms with Crippen LogP contribution in [0.15, 0.2) is 84.9 Å². The number of amides is 1. The van der Waals surface area contributed by atoms with Crippen LogP contribution in [-0.4, -0.2) is 59.0 Å². The molecule has 5 rings (SSSR count). The summed E-state index contributed by atoms with van der Waals surface area (Å²) in [6.07, 6.45) is -2.51. The quantitative estimate of drug-likeness (QED) is 0.127. The van der Waals surface area contributed by atoms with Crippen molar-refractivity contribution in [3.05, 3.63) is 106 Å². The summed E-state index contributed by atoms with van der Waals surface area (Å²) < 4.78 is 41.1. The van der Waals surface area contributed by atoms with E-state index in [4.69, 9.17) is 14.2 Å². The maximum Gasteiger partial charge on any atom is 0.513 e. The van der Waals surface area contributed by atoms with Crippen molar-refractivity contribution in [2.75, 3.05) is 6.61 Å². The molecule has 0 saturated carbocycles. The number of nitrogens with zero attached hydrogens (tertiary/aromatic N) is 2. The topological polar surface area (TPSA) is 159 Å². The molecular formula is C28H24N2O10S. The molecule has 41 heavy (non-hydrogen) atoms. The summed E-state index contributed by atoms with van der Waals surface area (Å²) in [6, 6.07) is 20.7. The molecule has 2 aliphatic heterocycles. The van der Waals surface area contributed by atoms with Gasteiger partial charge in [-0.1, -0.05) is 60.7 Å². The molecule has 0 unspecified atom stereocenters. The summed E-state index contributed by atoms with van der Waals surface area (Å²) in [6.45, 7) is 0.404. The molecule has 0 N–H and O–H groups in total. The van der Waals surface area contributed by atoms with Gasteiger partial charge in [0.25, 0.3) is 5.69 Å². The monoisotopic (exact) mass is 580 g/mol. The Morgan fingerprint density at radius 2 is 1.56 bits per heavy atom. The molecular weight excluding hydrogens is 556 g/mol. The van der Waals surface area contributed by atoms with E-state index in [0.29, 0.717) is 11.1 Å². The second-order valence-electron chi connectivity index (χ2n) is 9.75. The van der Waals surface area contributed by atoms with Crippen molar-refractivity contribution in [3.8, 4) is 5.75 Å². The van der Waals surface area contributed by atoms with E-state index in [1.807, 2.05) is 0 Å². The Balaban J connectivity index is 1.39. The molecule has 2 saturated heterocycles. The summed E-state index contributed by atoms with van der Waals surface area (Å²) in [7, 11) is -4.21. The Labute approximate surface area is 234 Å². The molecule has 2 aliphatic rings. The molecule has 0 bridgehead atoms. The first-order chi connectivity index (χ1) is 19.5. The van der Waals surface area contributed by atoms with E-state index in [9.17, 15) is 32.9 Å². The van der Waals surface area contributed by atoms with Gasteiger partial charge in [0.05, 0.1) is 11.3 Å². The third-order valence-electron chi connectivity index (χ3n) is 7.20.